The van der Waals surface area contributed by atoms with Gasteiger partial charge in [-0.15, -0.1) is 11.8 Å². The van der Waals surface area contributed by atoms with E-state index in [-0.39, 0.29) is 12.6 Å². The fourth-order valence-electron chi connectivity index (χ4n) is 2.39. The lowest BCUT2D eigenvalue weighted by molar-refractivity contribution is 0.0748. The first-order valence-electron chi connectivity index (χ1n) is 6.42. The molecule has 4 heteroatoms. The van der Waals surface area contributed by atoms with Gasteiger partial charge in [0.2, 0.25) is 0 Å². The van der Waals surface area contributed by atoms with E-state index in [2.05, 4.69) is 47.4 Å². The Morgan fingerprint density at radius 3 is 2.28 bits per heavy atom. The second-order valence-corrected chi connectivity index (χ2v) is 5.69. The maximum atomic E-state index is 9.66. The Labute approximate surface area is 114 Å². The quantitative estimate of drug-likeness (QED) is 0.839. The molecule has 0 radical (unpaired) electrons. The van der Waals surface area contributed by atoms with Gasteiger partial charge in [0, 0.05) is 31.1 Å². The first-order chi connectivity index (χ1) is 8.74. The predicted octanol–water partition coefficient (Wildman–Crippen LogP) is 1.69. The first kappa shape index (κ1) is 13.9. The molecule has 1 saturated heterocycles. The van der Waals surface area contributed by atoms with Crippen molar-refractivity contribution in [2.75, 3.05) is 46.1 Å². The lowest BCUT2D eigenvalue weighted by Gasteiger charge is -2.37. The highest BCUT2D eigenvalue weighted by Crippen LogP contribution is 2.24. The van der Waals surface area contributed by atoms with Crippen LogP contribution in [0, 0.1) is 0 Å². The lowest BCUT2D eigenvalue weighted by Crippen LogP contribution is -2.46. The van der Waals surface area contributed by atoms with Gasteiger partial charge >= 0.3 is 0 Å². The molecular weight excluding hydrogens is 244 g/mol. The van der Waals surface area contributed by atoms with Crippen molar-refractivity contribution in [3.63, 3.8) is 0 Å². The average molecular weight is 266 g/mol. The Balaban J connectivity index is 2.07. The lowest BCUT2D eigenvalue weighted by atomic mass is 10.1. The van der Waals surface area contributed by atoms with Crippen LogP contribution in [0.5, 0.6) is 0 Å². The van der Waals surface area contributed by atoms with Crippen molar-refractivity contribution in [3.8, 4) is 0 Å². The van der Waals surface area contributed by atoms with Crippen LogP contribution in [0.4, 0.5) is 0 Å². The Morgan fingerprint density at radius 1 is 1.17 bits per heavy atom. The van der Waals surface area contributed by atoms with E-state index in [1.54, 1.807) is 11.8 Å². The summed E-state index contributed by atoms with van der Waals surface area (Å²) >= 11 is 1.75. The van der Waals surface area contributed by atoms with Gasteiger partial charge in [0.15, 0.2) is 0 Å². The monoisotopic (exact) mass is 266 g/mol. The molecule has 100 valence electrons. The number of hydrogen-bond acceptors (Lipinski definition) is 4. The van der Waals surface area contributed by atoms with E-state index in [4.69, 9.17) is 0 Å². The summed E-state index contributed by atoms with van der Waals surface area (Å²) in [6.07, 6.45) is 2.08. The van der Waals surface area contributed by atoms with Crippen molar-refractivity contribution >= 4 is 11.8 Å². The third-order valence-electron chi connectivity index (χ3n) is 3.65. The highest BCUT2D eigenvalue weighted by molar-refractivity contribution is 7.98. The smallest absolute Gasteiger partial charge is 0.0628 e. The predicted molar refractivity (Wildman–Crippen MR) is 77.1 cm³/mol. The molecule has 1 unspecified atom stereocenters. The zero-order chi connectivity index (χ0) is 13.0. The number of aliphatic hydroxyl groups is 1. The van der Waals surface area contributed by atoms with Gasteiger partial charge in [-0.25, -0.2) is 0 Å². The molecule has 1 aliphatic rings. The molecule has 1 atom stereocenters. The SMILES string of the molecule is CSc1ccc(C(CO)N2CCN(C)CC2)cc1. The maximum Gasteiger partial charge on any atom is 0.0628 e. The van der Waals surface area contributed by atoms with Crippen molar-refractivity contribution in [2.45, 2.75) is 10.9 Å². The Kier molecular flexibility index (Phi) is 5.06. The molecule has 1 aromatic rings. The number of aliphatic hydroxyl groups excluding tert-OH is 1. The number of thioether (sulfide) groups is 1. The molecule has 2 rings (SSSR count). The largest absolute Gasteiger partial charge is 0.394 e. The first-order valence-corrected chi connectivity index (χ1v) is 7.64. The summed E-state index contributed by atoms with van der Waals surface area (Å²) in [6, 6.07) is 8.71. The zero-order valence-electron chi connectivity index (χ0n) is 11.2. The van der Waals surface area contributed by atoms with Crippen molar-refractivity contribution in [3.05, 3.63) is 29.8 Å². The highest BCUT2D eigenvalue weighted by atomic mass is 32.2. The summed E-state index contributed by atoms with van der Waals surface area (Å²) in [5, 5.41) is 9.66. The number of rotatable bonds is 4. The molecule has 0 aromatic heterocycles. The van der Waals surface area contributed by atoms with Gasteiger partial charge in [-0.3, -0.25) is 4.90 Å². The van der Waals surface area contributed by atoms with Crippen LogP contribution in [-0.2, 0) is 0 Å². The normalized spacial score (nSPS) is 19.9. The average Bonchev–Trinajstić information content (AvgIpc) is 2.42. The molecule has 0 amide bonds. The Morgan fingerprint density at radius 2 is 1.78 bits per heavy atom. The van der Waals surface area contributed by atoms with Crippen LogP contribution in [0.1, 0.15) is 11.6 Å². The van der Waals surface area contributed by atoms with E-state index < -0.39 is 0 Å². The van der Waals surface area contributed by atoms with Gasteiger partial charge in [0.1, 0.15) is 0 Å². The molecule has 18 heavy (non-hydrogen) atoms. The van der Waals surface area contributed by atoms with Crippen LogP contribution < -0.4 is 0 Å². The molecule has 1 aliphatic heterocycles. The fraction of sp³-hybridized carbons (Fsp3) is 0.571. The van der Waals surface area contributed by atoms with Crippen LogP contribution in [0.25, 0.3) is 0 Å². The van der Waals surface area contributed by atoms with Crippen molar-refractivity contribution < 1.29 is 5.11 Å². The maximum absolute atomic E-state index is 9.66. The molecule has 1 N–H and O–H groups in total. The topological polar surface area (TPSA) is 26.7 Å². The number of piperazine rings is 1. The Hall–Kier alpha value is -0.550. The van der Waals surface area contributed by atoms with Gasteiger partial charge < -0.3 is 10.0 Å². The van der Waals surface area contributed by atoms with E-state index in [0.29, 0.717) is 0 Å². The summed E-state index contributed by atoms with van der Waals surface area (Å²) in [4.78, 5) is 5.99. The minimum absolute atomic E-state index is 0.148. The van der Waals surface area contributed by atoms with E-state index in [9.17, 15) is 5.11 Å². The Bertz CT molecular complexity index is 361. The fourth-order valence-corrected chi connectivity index (χ4v) is 2.80. The minimum atomic E-state index is 0.148. The van der Waals surface area contributed by atoms with Crippen LogP contribution in [-0.4, -0.2) is 61.0 Å². The zero-order valence-corrected chi connectivity index (χ0v) is 12.0. The van der Waals surface area contributed by atoms with Gasteiger partial charge in [-0.05, 0) is 31.0 Å². The molecule has 1 fully saturated rings. The molecule has 0 saturated carbocycles. The second-order valence-electron chi connectivity index (χ2n) is 4.81. The highest BCUT2D eigenvalue weighted by Gasteiger charge is 2.22. The summed E-state index contributed by atoms with van der Waals surface area (Å²) in [5.41, 5.74) is 1.22. The summed E-state index contributed by atoms with van der Waals surface area (Å²) < 4.78 is 0. The van der Waals surface area contributed by atoms with Crippen molar-refractivity contribution in [2.24, 2.45) is 0 Å². The van der Waals surface area contributed by atoms with Gasteiger partial charge in [0.05, 0.1) is 12.6 Å². The number of nitrogens with zero attached hydrogens (tertiary/aromatic N) is 2. The third-order valence-corrected chi connectivity index (χ3v) is 4.40. The number of likely N-dealkylation sites (N-methyl/N-ethyl adjacent to an activating group) is 1. The van der Waals surface area contributed by atoms with Crippen molar-refractivity contribution in [1.29, 1.82) is 0 Å². The molecule has 1 heterocycles. The molecule has 0 aliphatic carbocycles. The van der Waals surface area contributed by atoms with Gasteiger partial charge in [-0.1, -0.05) is 12.1 Å². The van der Waals surface area contributed by atoms with E-state index >= 15 is 0 Å². The van der Waals surface area contributed by atoms with E-state index in [1.165, 1.54) is 10.5 Å². The molecular formula is C14H22N2OS. The summed E-state index contributed by atoms with van der Waals surface area (Å²) in [5.74, 6) is 0. The van der Waals surface area contributed by atoms with Crippen LogP contribution in [0.15, 0.2) is 29.2 Å². The summed E-state index contributed by atoms with van der Waals surface area (Å²) in [6.45, 7) is 4.43. The standard InChI is InChI=1S/C14H22N2OS/c1-15-7-9-16(10-8-15)14(11-17)12-3-5-13(18-2)6-4-12/h3-6,14,17H,7-11H2,1-2H3. The molecule has 3 nitrogen and oxygen atoms in total. The van der Waals surface area contributed by atoms with E-state index in [0.717, 1.165) is 26.2 Å². The van der Waals surface area contributed by atoms with Crippen LogP contribution in [0.3, 0.4) is 0 Å². The van der Waals surface area contributed by atoms with Crippen LogP contribution >= 0.6 is 11.8 Å². The number of hydrogen-bond donors (Lipinski definition) is 1. The summed E-state index contributed by atoms with van der Waals surface area (Å²) in [7, 11) is 2.15. The molecule has 0 bridgehead atoms. The number of benzene rings is 1. The molecule has 0 spiro atoms. The van der Waals surface area contributed by atoms with E-state index in [1.807, 2.05) is 0 Å². The molecule has 1 aromatic carbocycles. The van der Waals surface area contributed by atoms with Gasteiger partial charge in [0.25, 0.3) is 0 Å². The van der Waals surface area contributed by atoms with Crippen LogP contribution in [0.2, 0.25) is 0 Å². The third kappa shape index (κ3) is 3.26. The van der Waals surface area contributed by atoms with Gasteiger partial charge in [-0.2, -0.15) is 0 Å². The second kappa shape index (κ2) is 6.57. The van der Waals surface area contributed by atoms with Crippen molar-refractivity contribution in [1.82, 2.24) is 9.80 Å². The minimum Gasteiger partial charge on any atom is -0.394 e.